The van der Waals surface area contributed by atoms with Gasteiger partial charge in [-0.15, -0.1) is 0 Å². The molecule has 5 heteroatoms. The maximum atomic E-state index is 11.9. The summed E-state index contributed by atoms with van der Waals surface area (Å²) < 4.78 is 0. The van der Waals surface area contributed by atoms with E-state index >= 15 is 0 Å². The molecule has 0 aromatic rings. The van der Waals surface area contributed by atoms with Gasteiger partial charge in [0.15, 0.2) is 0 Å². The zero-order valence-electron chi connectivity index (χ0n) is 11.2. The second-order valence-corrected chi connectivity index (χ2v) is 6.11. The molecule has 1 aliphatic rings. The quantitative estimate of drug-likeness (QED) is 0.669. The molecule has 3 N–H and O–H groups in total. The lowest BCUT2D eigenvalue weighted by Crippen LogP contribution is -2.50. The van der Waals surface area contributed by atoms with Crippen molar-refractivity contribution in [1.29, 1.82) is 0 Å². The number of carbonyl (C=O) groups excluding carboxylic acids is 1. The minimum atomic E-state index is -0.898. The molecule has 0 aromatic heterocycles. The molecule has 0 radical (unpaired) electrons. The number of amides is 1. The number of rotatable bonds is 6. The van der Waals surface area contributed by atoms with Gasteiger partial charge in [-0.1, -0.05) is 26.7 Å². The Morgan fingerprint density at radius 2 is 1.78 bits per heavy atom. The van der Waals surface area contributed by atoms with Crippen molar-refractivity contribution >= 4 is 11.9 Å². The number of carbonyl (C=O) groups is 2. The van der Waals surface area contributed by atoms with Crippen LogP contribution in [-0.4, -0.2) is 34.2 Å². The van der Waals surface area contributed by atoms with E-state index in [9.17, 15) is 14.7 Å². The van der Waals surface area contributed by atoms with E-state index in [-0.39, 0.29) is 25.4 Å². The van der Waals surface area contributed by atoms with Crippen LogP contribution >= 0.6 is 0 Å². The van der Waals surface area contributed by atoms with Crippen LogP contribution in [0, 0.1) is 5.41 Å². The van der Waals surface area contributed by atoms with Crippen LogP contribution in [0.2, 0.25) is 0 Å². The Bertz CT molecular complexity index is 319. The van der Waals surface area contributed by atoms with Crippen molar-refractivity contribution in [3.05, 3.63) is 0 Å². The Labute approximate surface area is 108 Å². The Balaban J connectivity index is 2.52. The summed E-state index contributed by atoms with van der Waals surface area (Å²) in [6.45, 7) is 3.49. The predicted molar refractivity (Wildman–Crippen MR) is 67.1 cm³/mol. The summed E-state index contributed by atoms with van der Waals surface area (Å²) in [6.07, 6.45) is 3.76. The first-order chi connectivity index (χ1) is 8.29. The highest BCUT2D eigenvalue weighted by molar-refractivity contribution is 5.78. The van der Waals surface area contributed by atoms with Gasteiger partial charge < -0.3 is 15.5 Å². The van der Waals surface area contributed by atoms with Crippen molar-refractivity contribution in [1.82, 2.24) is 5.32 Å². The van der Waals surface area contributed by atoms with Gasteiger partial charge in [-0.3, -0.25) is 9.59 Å². The molecule has 0 atom stereocenters. The van der Waals surface area contributed by atoms with Crippen molar-refractivity contribution in [3.8, 4) is 0 Å². The topological polar surface area (TPSA) is 86.6 Å². The molecule has 5 nitrogen and oxygen atoms in total. The summed E-state index contributed by atoms with van der Waals surface area (Å²) in [7, 11) is 0. The maximum absolute atomic E-state index is 11.9. The Hall–Kier alpha value is -1.10. The molecule has 0 heterocycles. The smallest absolute Gasteiger partial charge is 0.303 e. The first kappa shape index (κ1) is 15.0. The molecular formula is C13H23NO4. The van der Waals surface area contributed by atoms with Gasteiger partial charge in [0, 0.05) is 6.42 Å². The van der Waals surface area contributed by atoms with Crippen LogP contribution in [0.5, 0.6) is 0 Å². The number of aliphatic carboxylic acids is 1. The van der Waals surface area contributed by atoms with E-state index in [0.717, 1.165) is 25.7 Å². The number of carboxylic acid groups (broad SMARTS) is 1. The molecule has 0 saturated heterocycles. The fraction of sp³-hybridized carbons (Fsp3) is 0.846. The van der Waals surface area contributed by atoms with E-state index in [4.69, 9.17) is 5.11 Å². The summed E-state index contributed by atoms with van der Waals surface area (Å²) >= 11 is 0. The van der Waals surface area contributed by atoms with E-state index in [0.29, 0.717) is 0 Å². The van der Waals surface area contributed by atoms with Crippen molar-refractivity contribution in [3.63, 3.8) is 0 Å². The summed E-state index contributed by atoms with van der Waals surface area (Å²) in [6, 6.07) is 0. The van der Waals surface area contributed by atoms with Gasteiger partial charge >= 0.3 is 5.97 Å². The normalized spacial score (nSPS) is 18.6. The third-order valence-electron chi connectivity index (χ3n) is 3.54. The predicted octanol–water partition coefficient (Wildman–Crippen LogP) is 1.30. The van der Waals surface area contributed by atoms with Gasteiger partial charge in [0.2, 0.25) is 5.91 Å². The summed E-state index contributed by atoms with van der Waals surface area (Å²) in [4.78, 5) is 22.6. The lowest BCUT2D eigenvalue weighted by atomic mass is 9.85. The van der Waals surface area contributed by atoms with Crippen molar-refractivity contribution in [2.24, 2.45) is 5.41 Å². The number of aliphatic hydroxyl groups is 1. The SMILES string of the molecule is CC(C)(CC(=O)O)CC(=O)NC1(CO)CCCC1. The molecule has 104 valence electrons. The third kappa shape index (κ3) is 4.29. The first-order valence-corrected chi connectivity index (χ1v) is 6.42. The van der Waals surface area contributed by atoms with E-state index in [1.807, 2.05) is 0 Å². The largest absolute Gasteiger partial charge is 0.481 e. The molecule has 0 aromatic carbocycles. The number of carboxylic acids is 1. The standard InChI is InChI=1S/C13H23NO4/c1-12(2,8-11(17)18)7-10(16)14-13(9-15)5-3-4-6-13/h15H,3-9H2,1-2H3,(H,14,16)(H,17,18). The second-order valence-electron chi connectivity index (χ2n) is 6.11. The van der Waals surface area contributed by atoms with Gasteiger partial charge in [0.25, 0.3) is 0 Å². The fourth-order valence-electron chi connectivity index (χ4n) is 2.62. The molecule has 0 spiro atoms. The minimum Gasteiger partial charge on any atom is -0.481 e. The van der Waals surface area contributed by atoms with E-state index in [1.165, 1.54) is 0 Å². The monoisotopic (exact) mass is 257 g/mol. The van der Waals surface area contributed by atoms with Crippen LogP contribution in [0.25, 0.3) is 0 Å². The van der Waals surface area contributed by atoms with Gasteiger partial charge in [-0.2, -0.15) is 0 Å². The van der Waals surface area contributed by atoms with Gasteiger partial charge in [-0.25, -0.2) is 0 Å². The Morgan fingerprint density at radius 3 is 2.22 bits per heavy atom. The third-order valence-corrected chi connectivity index (χ3v) is 3.54. The number of hydrogen-bond donors (Lipinski definition) is 3. The molecule has 1 rings (SSSR count). The zero-order valence-corrected chi connectivity index (χ0v) is 11.2. The Morgan fingerprint density at radius 1 is 1.22 bits per heavy atom. The van der Waals surface area contributed by atoms with Crippen LogP contribution in [0.1, 0.15) is 52.4 Å². The van der Waals surface area contributed by atoms with Crippen molar-refractivity contribution in [2.75, 3.05) is 6.61 Å². The summed E-state index contributed by atoms with van der Waals surface area (Å²) in [5.41, 5.74) is -1.04. The molecular weight excluding hydrogens is 234 g/mol. The highest BCUT2D eigenvalue weighted by Gasteiger charge is 2.36. The van der Waals surface area contributed by atoms with E-state index < -0.39 is 16.9 Å². The highest BCUT2D eigenvalue weighted by atomic mass is 16.4. The lowest BCUT2D eigenvalue weighted by molar-refractivity contribution is -0.139. The zero-order chi connectivity index (χ0) is 13.8. The molecule has 0 aliphatic heterocycles. The van der Waals surface area contributed by atoms with Crippen LogP contribution in [0.4, 0.5) is 0 Å². The number of hydrogen-bond acceptors (Lipinski definition) is 3. The van der Waals surface area contributed by atoms with Crippen LogP contribution in [0.15, 0.2) is 0 Å². The summed E-state index contributed by atoms with van der Waals surface area (Å²) in [5, 5.41) is 21.1. The lowest BCUT2D eigenvalue weighted by Gasteiger charge is -2.30. The fourth-order valence-corrected chi connectivity index (χ4v) is 2.62. The number of aliphatic hydroxyl groups excluding tert-OH is 1. The van der Waals surface area contributed by atoms with Gasteiger partial charge in [0.05, 0.1) is 18.6 Å². The molecule has 18 heavy (non-hydrogen) atoms. The van der Waals surface area contributed by atoms with Crippen LogP contribution in [-0.2, 0) is 9.59 Å². The molecule has 1 fully saturated rings. The van der Waals surface area contributed by atoms with Crippen molar-refractivity contribution < 1.29 is 19.8 Å². The van der Waals surface area contributed by atoms with Gasteiger partial charge in [-0.05, 0) is 18.3 Å². The van der Waals surface area contributed by atoms with Crippen LogP contribution < -0.4 is 5.32 Å². The maximum Gasteiger partial charge on any atom is 0.303 e. The number of nitrogens with one attached hydrogen (secondary N) is 1. The second kappa shape index (κ2) is 5.69. The van der Waals surface area contributed by atoms with Crippen LogP contribution in [0.3, 0.4) is 0 Å². The average Bonchev–Trinajstić information content (AvgIpc) is 2.63. The molecule has 0 bridgehead atoms. The average molecular weight is 257 g/mol. The highest BCUT2D eigenvalue weighted by Crippen LogP contribution is 2.30. The summed E-state index contributed by atoms with van der Waals surface area (Å²) in [5.74, 6) is -1.07. The molecule has 0 unspecified atom stereocenters. The Kier molecular flexibility index (Phi) is 4.73. The van der Waals surface area contributed by atoms with E-state index in [1.54, 1.807) is 13.8 Å². The first-order valence-electron chi connectivity index (χ1n) is 6.42. The molecule has 1 saturated carbocycles. The molecule has 1 amide bonds. The van der Waals surface area contributed by atoms with Gasteiger partial charge in [0.1, 0.15) is 0 Å². The molecule has 1 aliphatic carbocycles. The van der Waals surface area contributed by atoms with Crippen molar-refractivity contribution in [2.45, 2.75) is 57.9 Å². The van der Waals surface area contributed by atoms with E-state index in [2.05, 4.69) is 5.32 Å². The minimum absolute atomic E-state index is 0.0352.